The highest BCUT2D eigenvalue weighted by molar-refractivity contribution is 5.76. The molecule has 1 fully saturated rings. The topological polar surface area (TPSA) is 114 Å². The van der Waals surface area contributed by atoms with E-state index in [2.05, 4.69) is 42.7 Å². The molecule has 0 aromatic carbocycles. The number of aliphatic hydroxyl groups excluding tert-OH is 1. The molecule has 2 aliphatic carbocycles. The fourth-order valence-electron chi connectivity index (χ4n) is 5.22. The Bertz CT molecular complexity index is 764. The lowest BCUT2D eigenvalue weighted by Gasteiger charge is -2.43. The van der Waals surface area contributed by atoms with Crippen LogP contribution in [0.25, 0.3) is 0 Å². The summed E-state index contributed by atoms with van der Waals surface area (Å²) in [6.07, 6.45) is 7.91. The van der Waals surface area contributed by atoms with Crippen LogP contribution in [0.1, 0.15) is 52.4 Å². The summed E-state index contributed by atoms with van der Waals surface area (Å²) >= 11 is 0. The van der Waals surface area contributed by atoms with Crippen LogP contribution in [0.2, 0.25) is 0 Å². The van der Waals surface area contributed by atoms with Crippen molar-refractivity contribution in [3.8, 4) is 0 Å². The van der Waals surface area contributed by atoms with Crippen molar-refractivity contribution >= 4 is 18.0 Å². The van der Waals surface area contributed by atoms with Gasteiger partial charge in [0.1, 0.15) is 12.2 Å². The highest BCUT2D eigenvalue weighted by Gasteiger charge is 2.42. The molecule has 7 atom stereocenters. The van der Waals surface area contributed by atoms with E-state index in [0.717, 1.165) is 12.8 Å². The number of ether oxygens (including phenoxy) is 2. The van der Waals surface area contributed by atoms with Gasteiger partial charge >= 0.3 is 12.1 Å². The predicted molar refractivity (Wildman–Crippen MR) is 118 cm³/mol. The number of carbonyl (C=O) groups excluding carboxylic acids is 3. The van der Waals surface area contributed by atoms with Crippen LogP contribution in [-0.4, -0.2) is 55.0 Å². The number of carbonyl (C=O) groups is 3. The molecule has 8 heteroatoms. The minimum Gasteiger partial charge on any atom is -0.462 e. The lowest BCUT2D eigenvalue weighted by Crippen LogP contribution is -2.43. The Kier molecular flexibility index (Phi) is 8.34. The number of nitrogens with one attached hydrogen (secondary N) is 2. The minimum atomic E-state index is -0.634. The zero-order valence-corrected chi connectivity index (χ0v) is 19.2. The van der Waals surface area contributed by atoms with Gasteiger partial charge in [-0.3, -0.25) is 9.59 Å². The normalized spacial score (nSPS) is 34.1. The highest BCUT2D eigenvalue weighted by atomic mass is 16.6. The number of cyclic esters (lactones) is 1. The second-order valence-corrected chi connectivity index (χ2v) is 9.36. The molecule has 32 heavy (non-hydrogen) atoms. The van der Waals surface area contributed by atoms with Gasteiger partial charge in [0.25, 0.3) is 0 Å². The Balaban J connectivity index is 1.65. The fourth-order valence-corrected chi connectivity index (χ4v) is 5.22. The van der Waals surface area contributed by atoms with Crippen LogP contribution in [-0.2, 0) is 19.1 Å². The van der Waals surface area contributed by atoms with Gasteiger partial charge in [0.05, 0.1) is 12.5 Å². The Labute approximate surface area is 189 Å². The largest absolute Gasteiger partial charge is 0.462 e. The number of hydrogen-bond acceptors (Lipinski definition) is 6. The average Bonchev–Trinajstić information content (AvgIpc) is 2.72. The zero-order chi connectivity index (χ0) is 23.3. The molecule has 0 aromatic rings. The van der Waals surface area contributed by atoms with E-state index in [1.165, 1.54) is 5.57 Å². The SMILES string of the molecule is CNC(=O)CCNC(=O)O[C@H]1C[C@@H](C)C=C2C=C[C@H](C)[C@H](CC[C@@H]3C[C@@H](O)CC(=O)O3)[C@H]21. The molecule has 3 aliphatic rings. The van der Waals surface area contributed by atoms with E-state index in [0.29, 0.717) is 12.8 Å². The van der Waals surface area contributed by atoms with Crippen LogP contribution in [0, 0.1) is 23.7 Å². The Morgan fingerprint density at radius 1 is 1.25 bits per heavy atom. The molecule has 3 rings (SSSR count). The van der Waals surface area contributed by atoms with Crippen molar-refractivity contribution in [3.05, 3.63) is 23.8 Å². The summed E-state index contributed by atoms with van der Waals surface area (Å²) in [4.78, 5) is 35.5. The van der Waals surface area contributed by atoms with Gasteiger partial charge in [-0.1, -0.05) is 32.1 Å². The lowest BCUT2D eigenvalue weighted by molar-refractivity contribution is -0.160. The summed E-state index contributed by atoms with van der Waals surface area (Å²) in [5.41, 5.74) is 1.19. The summed E-state index contributed by atoms with van der Waals surface area (Å²) in [7, 11) is 1.56. The molecule has 0 aromatic heterocycles. The maximum atomic E-state index is 12.4. The molecule has 1 heterocycles. The van der Waals surface area contributed by atoms with Gasteiger partial charge < -0.3 is 25.2 Å². The van der Waals surface area contributed by atoms with Gasteiger partial charge in [-0.2, -0.15) is 0 Å². The third-order valence-electron chi connectivity index (χ3n) is 6.81. The van der Waals surface area contributed by atoms with E-state index in [1.54, 1.807) is 7.05 Å². The molecule has 0 saturated carbocycles. The van der Waals surface area contributed by atoms with Gasteiger partial charge in [-0.15, -0.1) is 0 Å². The van der Waals surface area contributed by atoms with Crippen LogP contribution in [0.5, 0.6) is 0 Å². The standard InChI is InChI=1S/C24H36N2O6/c1-14-10-16-5-4-15(2)19(7-6-18-12-17(27)13-22(29)31-18)23(16)20(11-14)32-24(30)26-9-8-21(28)25-3/h4-5,10,14-15,17-20,23,27H,6-9,11-13H2,1-3H3,(H,25,28)(H,26,30)/t14-,15-,17+,18+,19-,20-,23-/m0/s1. The van der Waals surface area contributed by atoms with E-state index < -0.39 is 12.2 Å². The van der Waals surface area contributed by atoms with Crippen LogP contribution in [0.4, 0.5) is 4.79 Å². The maximum absolute atomic E-state index is 12.4. The first kappa shape index (κ1) is 24.3. The molecule has 178 valence electrons. The number of fused-ring (bicyclic) bond motifs is 1. The third kappa shape index (κ3) is 6.34. The Hall–Kier alpha value is -2.35. The first-order chi connectivity index (χ1) is 15.3. The molecular weight excluding hydrogens is 412 g/mol. The maximum Gasteiger partial charge on any atom is 0.407 e. The smallest absolute Gasteiger partial charge is 0.407 e. The molecule has 1 aliphatic heterocycles. The van der Waals surface area contributed by atoms with E-state index >= 15 is 0 Å². The number of alkyl carbamates (subject to hydrolysis) is 1. The molecule has 1 saturated heterocycles. The number of hydrogen-bond donors (Lipinski definition) is 3. The van der Waals surface area contributed by atoms with Gasteiger partial charge in [0.2, 0.25) is 5.91 Å². The van der Waals surface area contributed by atoms with Gasteiger partial charge in [0.15, 0.2) is 0 Å². The number of esters is 1. The van der Waals surface area contributed by atoms with E-state index in [-0.39, 0.29) is 67.1 Å². The van der Waals surface area contributed by atoms with Crippen molar-refractivity contribution in [2.24, 2.45) is 23.7 Å². The zero-order valence-electron chi connectivity index (χ0n) is 19.2. The van der Waals surface area contributed by atoms with Crippen molar-refractivity contribution in [1.29, 1.82) is 0 Å². The van der Waals surface area contributed by atoms with E-state index in [1.807, 2.05) is 0 Å². The second-order valence-electron chi connectivity index (χ2n) is 9.36. The van der Waals surface area contributed by atoms with Crippen molar-refractivity contribution < 1.29 is 29.0 Å². The number of amides is 2. The van der Waals surface area contributed by atoms with E-state index in [9.17, 15) is 19.5 Å². The molecular formula is C24H36N2O6. The minimum absolute atomic E-state index is 0.0669. The predicted octanol–water partition coefficient (Wildman–Crippen LogP) is 2.47. The van der Waals surface area contributed by atoms with Crippen molar-refractivity contribution in [1.82, 2.24) is 10.6 Å². The monoisotopic (exact) mass is 448 g/mol. The first-order valence-corrected chi connectivity index (χ1v) is 11.7. The molecule has 3 N–H and O–H groups in total. The van der Waals surface area contributed by atoms with Crippen LogP contribution >= 0.6 is 0 Å². The van der Waals surface area contributed by atoms with Gasteiger partial charge in [0, 0.05) is 32.4 Å². The lowest BCUT2D eigenvalue weighted by atomic mass is 9.65. The van der Waals surface area contributed by atoms with Crippen LogP contribution < -0.4 is 10.6 Å². The summed E-state index contributed by atoms with van der Waals surface area (Å²) in [6.45, 7) is 4.51. The number of aliphatic hydroxyl groups is 1. The first-order valence-electron chi connectivity index (χ1n) is 11.7. The Morgan fingerprint density at radius 2 is 2.03 bits per heavy atom. The molecule has 2 amide bonds. The van der Waals surface area contributed by atoms with Gasteiger partial charge in [-0.05, 0) is 42.6 Å². The van der Waals surface area contributed by atoms with Crippen LogP contribution in [0.3, 0.4) is 0 Å². The average molecular weight is 449 g/mol. The van der Waals surface area contributed by atoms with Crippen LogP contribution in [0.15, 0.2) is 23.8 Å². The molecule has 8 nitrogen and oxygen atoms in total. The fraction of sp³-hybridized carbons (Fsp3) is 0.708. The van der Waals surface area contributed by atoms with Crippen molar-refractivity contribution in [3.63, 3.8) is 0 Å². The molecule has 0 spiro atoms. The summed E-state index contributed by atoms with van der Waals surface area (Å²) in [6, 6.07) is 0. The molecule has 0 unspecified atom stereocenters. The quantitative estimate of drug-likeness (QED) is 0.516. The highest BCUT2D eigenvalue weighted by Crippen LogP contribution is 2.45. The Morgan fingerprint density at radius 3 is 2.75 bits per heavy atom. The van der Waals surface area contributed by atoms with Crippen molar-refractivity contribution in [2.75, 3.05) is 13.6 Å². The summed E-state index contributed by atoms with van der Waals surface area (Å²) in [5, 5.41) is 15.1. The number of rotatable bonds is 7. The van der Waals surface area contributed by atoms with E-state index in [4.69, 9.17) is 9.47 Å². The van der Waals surface area contributed by atoms with Crippen molar-refractivity contribution in [2.45, 2.75) is 70.7 Å². The summed E-state index contributed by atoms with van der Waals surface area (Å²) in [5.74, 6) is 0.407. The molecule has 0 radical (unpaired) electrons. The number of allylic oxidation sites excluding steroid dienone is 3. The second kappa shape index (κ2) is 11.0. The van der Waals surface area contributed by atoms with Gasteiger partial charge in [-0.25, -0.2) is 4.79 Å². The third-order valence-corrected chi connectivity index (χ3v) is 6.81. The molecule has 0 bridgehead atoms. The summed E-state index contributed by atoms with van der Waals surface area (Å²) < 4.78 is 11.3.